The van der Waals surface area contributed by atoms with Gasteiger partial charge in [-0.3, -0.25) is 4.99 Å². The first-order valence-corrected chi connectivity index (χ1v) is 5.52. The molecule has 0 N–H and O–H groups in total. The lowest BCUT2D eigenvalue weighted by molar-refractivity contribution is 0.253. The summed E-state index contributed by atoms with van der Waals surface area (Å²) in [7, 11) is 0. The lowest BCUT2D eigenvalue weighted by atomic mass is 9.96. The van der Waals surface area contributed by atoms with Crippen LogP contribution in [0, 0.1) is 11.3 Å². The second kappa shape index (κ2) is 1.55. The summed E-state index contributed by atoms with van der Waals surface area (Å²) in [6, 6.07) is 1.45. The van der Waals surface area contributed by atoms with E-state index < -0.39 is 0 Å². The fourth-order valence-corrected chi connectivity index (χ4v) is 4.42. The molecule has 2 aliphatic carbocycles. The molecule has 5 atom stereocenters. The number of rotatable bonds is 0. The average molecular weight is 176 g/mol. The fourth-order valence-electron chi connectivity index (χ4n) is 4.42. The fraction of sp³-hybridized carbons (Fsp3) is 0.909. The smallest absolute Gasteiger partial charge is 0.0860 e. The number of nitrogens with zero attached hydrogens (tertiary/aromatic N) is 2. The van der Waals surface area contributed by atoms with Crippen LogP contribution in [0.5, 0.6) is 0 Å². The van der Waals surface area contributed by atoms with Gasteiger partial charge in [0.1, 0.15) is 0 Å². The normalized spacial score (nSPS) is 65.7. The summed E-state index contributed by atoms with van der Waals surface area (Å²) in [6.07, 6.45) is 6.37. The highest BCUT2D eigenvalue weighted by Gasteiger charge is 2.86. The SMILES string of the molecule is CC1CC(C)C23C[C@]24C[C@@H]4N=CN13. The number of hydrogen-bond donors (Lipinski definition) is 0. The highest BCUT2D eigenvalue weighted by molar-refractivity contribution is 5.66. The van der Waals surface area contributed by atoms with Crippen molar-refractivity contribution < 1.29 is 0 Å². The Hall–Kier alpha value is -0.530. The summed E-state index contributed by atoms with van der Waals surface area (Å²) >= 11 is 0. The standard InChI is InChI=1S/C11H16N2/c1-7-3-8(2)13-6-12-9-4-10(9)5-11(7,10)13/h6-9H,3-5H2,1-2H3/t7?,8?,9-,10-,11?/m0/s1. The van der Waals surface area contributed by atoms with E-state index in [0.29, 0.717) is 11.0 Å². The maximum absolute atomic E-state index is 4.64. The van der Waals surface area contributed by atoms with Crippen molar-refractivity contribution in [1.29, 1.82) is 0 Å². The Balaban J connectivity index is 1.88. The molecule has 70 valence electrons. The van der Waals surface area contributed by atoms with Crippen LogP contribution in [0.2, 0.25) is 0 Å². The Morgan fingerprint density at radius 2 is 2.31 bits per heavy atom. The molecule has 3 fully saturated rings. The van der Waals surface area contributed by atoms with Gasteiger partial charge in [0.15, 0.2) is 0 Å². The van der Waals surface area contributed by atoms with E-state index >= 15 is 0 Å². The van der Waals surface area contributed by atoms with Crippen molar-refractivity contribution in [1.82, 2.24) is 4.90 Å². The highest BCUT2D eigenvalue weighted by Crippen LogP contribution is 2.81. The topological polar surface area (TPSA) is 15.6 Å². The first kappa shape index (κ1) is 6.86. The Kier molecular flexibility index (Phi) is 0.818. The molecule has 2 spiro atoms. The molecule has 2 heteroatoms. The Morgan fingerprint density at radius 3 is 3.15 bits per heavy atom. The quantitative estimate of drug-likeness (QED) is 0.548. The first-order valence-electron chi connectivity index (χ1n) is 5.52. The lowest BCUT2D eigenvalue weighted by Crippen LogP contribution is -2.41. The molecule has 0 aromatic rings. The second-order valence-corrected chi connectivity index (χ2v) is 5.63. The van der Waals surface area contributed by atoms with Crippen LogP contribution in [0.25, 0.3) is 0 Å². The molecule has 0 aromatic carbocycles. The zero-order valence-electron chi connectivity index (χ0n) is 8.33. The maximum Gasteiger partial charge on any atom is 0.0860 e. The van der Waals surface area contributed by atoms with E-state index in [2.05, 4.69) is 30.1 Å². The second-order valence-electron chi connectivity index (χ2n) is 5.63. The zero-order valence-corrected chi connectivity index (χ0v) is 8.33. The van der Waals surface area contributed by atoms with Gasteiger partial charge in [0.2, 0.25) is 0 Å². The van der Waals surface area contributed by atoms with E-state index in [9.17, 15) is 0 Å². The van der Waals surface area contributed by atoms with Crippen LogP contribution < -0.4 is 0 Å². The van der Waals surface area contributed by atoms with Crippen LogP contribution in [-0.2, 0) is 0 Å². The van der Waals surface area contributed by atoms with E-state index in [1.54, 1.807) is 0 Å². The molecule has 0 radical (unpaired) electrons. The van der Waals surface area contributed by atoms with Crippen molar-refractivity contribution in [2.75, 3.05) is 0 Å². The summed E-state index contributed by atoms with van der Waals surface area (Å²) in [4.78, 5) is 7.23. The predicted molar refractivity (Wildman–Crippen MR) is 51.8 cm³/mol. The summed E-state index contributed by atoms with van der Waals surface area (Å²) in [5.41, 5.74) is 1.25. The molecule has 0 amide bonds. The van der Waals surface area contributed by atoms with Gasteiger partial charge in [-0.1, -0.05) is 6.92 Å². The van der Waals surface area contributed by atoms with E-state index in [1.807, 2.05) is 0 Å². The maximum atomic E-state index is 4.64. The van der Waals surface area contributed by atoms with Crippen LogP contribution in [-0.4, -0.2) is 28.9 Å². The van der Waals surface area contributed by atoms with Crippen molar-refractivity contribution >= 4 is 6.34 Å². The van der Waals surface area contributed by atoms with E-state index in [0.717, 1.165) is 18.0 Å². The Bertz CT molecular complexity index is 324. The first-order chi connectivity index (χ1) is 6.21. The lowest BCUT2D eigenvalue weighted by Gasteiger charge is -2.31. The largest absolute Gasteiger partial charge is 0.354 e. The zero-order chi connectivity index (χ0) is 8.84. The molecule has 2 heterocycles. The van der Waals surface area contributed by atoms with Crippen molar-refractivity contribution in [3.05, 3.63) is 0 Å². The minimum Gasteiger partial charge on any atom is -0.354 e. The van der Waals surface area contributed by atoms with Gasteiger partial charge in [-0.15, -0.1) is 0 Å². The Morgan fingerprint density at radius 1 is 1.46 bits per heavy atom. The van der Waals surface area contributed by atoms with Gasteiger partial charge in [-0.25, -0.2) is 0 Å². The minimum absolute atomic E-state index is 0.582. The molecule has 0 aromatic heterocycles. The van der Waals surface area contributed by atoms with Crippen LogP contribution in [0.4, 0.5) is 0 Å². The van der Waals surface area contributed by atoms with Gasteiger partial charge in [0, 0.05) is 11.5 Å². The molecule has 4 rings (SSSR count). The molecule has 2 nitrogen and oxygen atoms in total. The summed E-state index contributed by atoms with van der Waals surface area (Å²) in [6.45, 7) is 4.80. The minimum atomic E-state index is 0.582. The summed E-state index contributed by atoms with van der Waals surface area (Å²) < 4.78 is 0. The number of aliphatic imine (C=N–C) groups is 1. The van der Waals surface area contributed by atoms with E-state index in [-0.39, 0.29) is 0 Å². The number of hydrogen-bond acceptors (Lipinski definition) is 2. The monoisotopic (exact) mass is 176 g/mol. The molecule has 0 bridgehead atoms. The van der Waals surface area contributed by atoms with E-state index in [1.165, 1.54) is 19.3 Å². The Labute approximate surface area is 79.0 Å². The van der Waals surface area contributed by atoms with Gasteiger partial charge < -0.3 is 4.90 Å². The molecule has 2 saturated carbocycles. The third-order valence-corrected chi connectivity index (χ3v) is 5.17. The van der Waals surface area contributed by atoms with Gasteiger partial charge in [0.05, 0.1) is 17.9 Å². The van der Waals surface area contributed by atoms with Crippen molar-refractivity contribution in [3.8, 4) is 0 Å². The molecular weight excluding hydrogens is 160 g/mol. The molecule has 3 unspecified atom stereocenters. The summed E-state index contributed by atoms with van der Waals surface area (Å²) in [5.74, 6) is 0.902. The average Bonchev–Trinajstić information content (AvgIpc) is 2.87. The highest BCUT2D eigenvalue weighted by atomic mass is 15.4. The molecule has 13 heavy (non-hydrogen) atoms. The third kappa shape index (κ3) is 0.476. The van der Waals surface area contributed by atoms with Crippen molar-refractivity contribution in [3.63, 3.8) is 0 Å². The van der Waals surface area contributed by atoms with Gasteiger partial charge >= 0.3 is 0 Å². The molecule has 1 saturated heterocycles. The molecule has 2 aliphatic heterocycles. The van der Waals surface area contributed by atoms with Crippen LogP contribution in [0.15, 0.2) is 4.99 Å². The van der Waals surface area contributed by atoms with Gasteiger partial charge in [0.25, 0.3) is 0 Å². The van der Waals surface area contributed by atoms with E-state index in [4.69, 9.17) is 0 Å². The molecular formula is C11H16N2. The van der Waals surface area contributed by atoms with Crippen LogP contribution >= 0.6 is 0 Å². The summed E-state index contributed by atoms with van der Waals surface area (Å²) in [5, 5.41) is 0. The van der Waals surface area contributed by atoms with Crippen LogP contribution in [0.3, 0.4) is 0 Å². The van der Waals surface area contributed by atoms with Gasteiger partial charge in [-0.05, 0) is 32.1 Å². The van der Waals surface area contributed by atoms with Crippen molar-refractivity contribution in [2.45, 2.75) is 50.7 Å². The van der Waals surface area contributed by atoms with Crippen LogP contribution in [0.1, 0.15) is 33.1 Å². The van der Waals surface area contributed by atoms with Gasteiger partial charge in [-0.2, -0.15) is 0 Å². The van der Waals surface area contributed by atoms with Crippen molar-refractivity contribution in [2.24, 2.45) is 16.3 Å². The predicted octanol–water partition coefficient (Wildman–Crippen LogP) is 1.66. The molecule has 4 aliphatic rings. The third-order valence-electron chi connectivity index (χ3n) is 5.17.